The Morgan fingerprint density at radius 2 is 2.00 bits per heavy atom. The van der Waals surface area contributed by atoms with Crippen molar-refractivity contribution in [1.29, 1.82) is 0 Å². The van der Waals surface area contributed by atoms with Crippen molar-refractivity contribution >= 4 is 10.4 Å². The summed E-state index contributed by atoms with van der Waals surface area (Å²) in [6, 6.07) is 0. The van der Waals surface area contributed by atoms with Gasteiger partial charge in [0.25, 0.3) is 0 Å². The molecule has 0 aromatic rings. The van der Waals surface area contributed by atoms with Crippen molar-refractivity contribution in [2.24, 2.45) is 0 Å². The zero-order chi connectivity index (χ0) is 8.04. The Hall–Kier alpha value is -0.0600. The van der Waals surface area contributed by atoms with Gasteiger partial charge in [-0.1, -0.05) is 0 Å². The number of hydrogen-bond donors (Lipinski definition) is 0. The van der Waals surface area contributed by atoms with E-state index in [2.05, 4.69) is 6.92 Å². The van der Waals surface area contributed by atoms with Crippen LogP contribution in [0.25, 0.3) is 5.14 Å². The summed E-state index contributed by atoms with van der Waals surface area (Å²) in [6.07, 6.45) is 3.26. The van der Waals surface area contributed by atoms with Crippen LogP contribution in [0.15, 0.2) is 0 Å². The summed E-state index contributed by atoms with van der Waals surface area (Å²) < 4.78 is 20.5. The van der Waals surface area contributed by atoms with Crippen LogP contribution in [-0.4, -0.2) is 10.3 Å². The minimum Gasteiger partial charge on any atom is -0.625 e. The van der Waals surface area contributed by atoms with Gasteiger partial charge in [0.05, 0.1) is 19.1 Å². The van der Waals surface area contributed by atoms with Crippen molar-refractivity contribution in [3.63, 3.8) is 0 Å². The first-order chi connectivity index (χ1) is 4.56. The van der Waals surface area contributed by atoms with Crippen LogP contribution in [0.3, 0.4) is 0 Å². The van der Waals surface area contributed by atoms with Gasteiger partial charge in [-0.25, -0.2) is 0 Å². The Kier molecular flexibility index (Phi) is 4.68. The van der Waals surface area contributed by atoms with Gasteiger partial charge in [0.15, 0.2) is 0 Å². The number of rotatable bonds is 5. The maximum Gasteiger partial charge on any atom is 0.0971 e. The molecule has 0 amide bonds. The maximum atomic E-state index is 10.2. The molecular weight excluding hydrogens is 150 g/mol. The first-order valence-corrected chi connectivity index (χ1v) is 4.98. The molecule has 0 aromatic carbocycles. The average Bonchev–Trinajstić information content (AvgIpc) is 1.78. The van der Waals surface area contributed by atoms with Crippen LogP contribution in [0.2, 0.25) is 0 Å². The summed E-state index contributed by atoms with van der Waals surface area (Å²) in [6.45, 7) is 3.62. The molecule has 10 heavy (non-hydrogen) atoms. The van der Waals surface area contributed by atoms with Crippen LogP contribution in [0.5, 0.6) is 0 Å². The number of sulfonamides is 1. The summed E-state index contributed by atoms with van der Waals surface area (Å²) in [7, 11) is -3.47. The van der Waals surface area contributed by atoms with Crippen LogP contribution in [0.1, 0.15) is 25.7 Å². The summed E-state index contributed by atoms with van der Waals surface area (Å²) >= 11 is 0. The van der Waals surface area contributed by atoms with Gasteiger partial charge < -0.3 is 9.69 Å². The Bertz CT molecular complexity index is 121. The number of nitrogens with one attached hydrogen (secondary N) is 1. The molecule has 0 aliphatic heterocycles. The second-order valence-corrected chi connectivity index (χ2v) is 3.87. The molecule has 0 fully saturated rings. The molecule has 0 rings (SSSR count). The lowest BCUT2D eigenvalue weighted by molar-refractivity contribution is 0.484. The molecule has 3 nitrogen and oxygen atoms in total. The van der Waals surface area contributed by atoms with Crippen molar-refractivity contribution in [2.75, 3.05) is 5.75 Å². The van der Waals surface area contributed by atoms with Crippen LogP contribution < -0.4 is 0 Å². The Morgan fingerprint density at radius 3 is 2.40 bits per heavy atom. The smallest absolute Gasteiger partial charge is 0.0971 e. The molecule has 60 valence electrons. The largest absolute Gasteiger partial charge is 0.625 e. The lowest BCUT2D eigenvalue weighted by Crippen LogP contribution is -2.07. The van der Waals surface area contributed by atoms with Gasteiger partial charge in [0.1, 0.15) is 0 Å². The zero-order valence-corrected chi connectivity index (χ0v) is 6.78. The summed E-state index contributed by atoms with van der Waals surface area (Å²) in [5.74, 6) is -0.00694. The zero-order valence-electron chi connectivity index (χ0n) is 5.97. The SMILES string of the molecule is [CH2+]CCCCC[S+]([NH-])(=O)[O-]. The number of hydrogen-bond acceptors (Lipinski definition) is 2. The minimum absolute atomic E-state index is 0.00694. The van der Waals surface area contributed by atoms with Gasteiger partial charge in [0.2, 0.25) is 0 Å². The lowest BCUT2D eigenvalue weighted by atomic mass is 10.2. The minimum atomic E-state index is -3.47. The van der Waals surface area contributed by atoms with Crippen molar-refractivity contribution < 1.29 is 8.76 Å². The second-order valence-electron chi connectivity index (χ2n) is 2.23. The Labute approximate surface area is 63.4 Å². The Morgan fingerprint density at radius 1 is 1.40 bits per heavy atom. The highest BCUT2D eigenvalue weighted by Gasteiger charge is 1.98. The van der Waals surface area contributed by atoms with Crippen LogP contribution in [-0.2, 0) is 14.6 Å². The van der Waals surface area contributed by atoms with Crippen molar-refractivity contribution in [2.45, 2.75) is 25.7 Å². The van der Waals surface area contributed by atoms with E-state index in [1.54, 1.807) is 0 Å². The lowest BCUT2D eigenvalue weighted by Gasteiger charge is -2.15. The van der Waals surface area contributed by atoms with Gasteiger partial charge in [-0.2, -0.15) is 0 Å². The molecule has 0 radical (unpaired) electrons. The van der Waals surface area contributed by atoms with Crippen molar-refractivity contribution in [3.05, 3.63) is 12.1 Å². The third-order valence-corrected chi connectivity index (χ3v) is 1.99. The molecule has 1 atom stereocenters. The fourth-order valence-electron chi connectivity index (χ4n) is 0.646. The Balaban J connectivity index is 3.13. The first kappa shape index (κ1) is 9.94. The van der Waals surface area contributed by atoms with E-state index in [1.165, 1.54) is 0 Å². The van der Waals surface area contributed by atoms with Crippen LogP contribution in [0, 0.1) is 6.92 Å². The fraction of sp³-hybridized carbons (Fsp3) is 0.833. The molecule has 0 saturated heterocycles. The first-order valence-electron chi connectivity index (χ1n) is 3.33. The van der Waals surface area contributed by atoms with E-state index in [4.69, 9.17) is 5.14 Å². The van der Waals surface area contributed by atoms with E-state index in [9.17, 15) is 8.76 Å². The molecule has 0 saturated carbocycles. The van der Waals surface area contributed by atoms with Gasteiger partial charge >= 0.3 is 0 Å². The highest BCUT2D eigenvalue weighted by molar-refractivity contribution is 7.99. The molecule has 0 bridgehead atoms. The second kappa shape index (κ2) is 4.71. The number of unbranched alkanes of at least 4 members (excludes halogenated alkanes) is 3. The van der Waals surface area contributed by atoms with E-state index in [-0.39, 0.29) is 5.75 Å². The molecule has 4 heteroatoms. The van der Waals surface area contributed by atoms with Crippen LogP contribution >= 0.6 is 0 Å². The standard InChI is InChI=1S/C6H13NO2S/c1-2-3-4-5-6-10(7,8)9/h1-6H2,(H-2,7,8,9). The van der Waals surface area contributed by atoms with E-state index in [1.807, 2.05) is 0 Å². The van der Waals surface area contributed by atoms with E-state index >= 15 is 0 Å². The third kappa shape index (κ3) is 7.94. The summed E-state index contributed by atoms with van der Waals surface area (Å²) in [4.78, 5) is 0. The van der Waals surface area contributed by atoms with Gasteiger partial charge in [-0.3, -0.25) is 0 Å². The monoisotopic (exact) mass is 163 g/mol. The topological polar surface area (TPSA) is 63.9 Å². The molecule has 0 aliphatic rings. The molecule has 0 aromatic heterocycles. The molecule has 0 spiro atoms. The van der Waals surface area contributed by atoms with E-state index in [0.717, 1.165) is 19.3 Å². The predicted molar refractivity (Wildman–Crippen MR) is 41.8 cm³/mol. The molecule has 1 N–H and O–H groups in total. The van der Waals surface area contributed by atoms with Crippen LogP contribution in [0.4, 0.5) is 0 Å². The van der Waals surface area contributed by atoms with E-state index < -0.39 is 10.4 Å². The molecule has 0 aliphatic carbocycles. The van der Waals surface area contributed by atoms with Gasteiger partial charge in [-0.15, -0.1) is 4.21 Å². The molecule has 1 unspecified atom stereocenters. The molecular formula is C6H13NO2S. The van der Waals surface area contributed by atoms with Gasteiger partial charge in [0, 0.05) is 0 Å². The van der Waals surface area contributed by atoms with E-state index in [0.29, 0.717) is 6.42 Å². The average molecular weight is 163 g/mol. The summed E-state index contributed by atoms with van der Waals surface area (Å²) in [5, 5.41) is 6.52. The van der Waals surface area contributed by atoms with Crippen molar-refractivity contribution in [3.8, 4) is 0 Å². The third-order valence-electron chi connectivity index (χ3n) is 1.16. The highest BCUT2D eigenvalue weighted by atomic mass is 32.3. The van der Waals surface area contributed by atoms with Gasteiger partial charge in [-0.05, 0) is 29.7 Å². The highest BCUT2D eigenvalue weighted by Crippen LogP contribution is 2.05. The summed E-state index contributed by atoms with van der Waals surface area (Å²) in [5.41, 5.74) is 0. The maximum absolute atomic E-state index is 10.2. The fourth-order valence-corrected chi connectivity index (χ4v) is 1.23. The van der Waals surface area contributed by atoms with Crippen molar-refractivity contribution in [1.82, 2.24) is 0 Å². The predicted octanol–water partition coefficient (Wildman–Crippen LogP) is 1.98. The quantitative estimate of drug-likeness (QED) is 0.353. The molecule has 0 heterocycles. The normalized spacial score (nSPS) is 16.6.